The molecule has 2 N–H and O–H groups in total. The van der Waals surface area contributed by atoms with Crippen LogP contribution in [-0.4, -0.2) is 26.9 Å². The first-order valence-electron chi connectivity index (χ1n) is 6.09. The first-order chi connectivity index (χ1) is 9.00. The topological polar surface area (TPSA) is 93.2 Å². The second-order valence-electron chi connectivity index (χ2n) is 4.76. The number of hydrogen-bond acceptors (Lipinski definition) is 4. The molecule has 2 atom stereocenters. The Hall–Kier alpha value is -1.42. The van der Waals surface area contributed by atoms with Crippen LogP contribution in [0.4, 0.5) is 0 Å². The van der Waals surface area contributed by atoms with Gasteiger partial charge in [0.25, 0.3) is 0 Å². The van der Waals surface area contributed by atoms with Gasteiger partial charge in [0.05, 0.1) is 23.5 Å². The minimum absolute atomic E-state index is 0.128. The van der Waals surface area contributed by atoms with Gasteiger partial charge in [0, 0.05) is 12.5 Å². The van der Waals surface area contributed by atoms with Crippen molar-refractivity contribution in [3.63, 3.8) is 0 Å². The summed E-state index contributed by atoms with van der Waals surface area (Å²) in [6.07, 6.45) is 1.03. The minimum atomic E-state index is -3.54. The number of sulfonamides is 1. The standard InChI is InChI=1S/C13H16N2O3S/c14-8-11-3-1-10(2-4-11)7-12-9-18-6-5-13(12)19(15,16)17/h1-4,12-13H,5-7,9H2,(H2,15,16,17)/t12-,13-/m0/s1. The fraction of sp³-hybridized carbons (Fsp3) is 0.462. The molecule has 1 aromatic carbocycles. The van der Waals surface area contributed by atoms with Crippen LogP contribution in [0.5, 0.6) is 0 Å². The molecule has 102 valence electrons. The normalized spacial score (nSPS) is 23.8. The van der Waals surface area contributed by atoms with Crippen LogP contribution >= 0.6 is 0 Å². The Kier molecular flexibility index (Phi) is 4.20. The van der Waals surface area contributed by atoms with Crippen LogP contribution in [0.25, 0.3) is 0 Å². The van der Waals surface area contributed by atoms with E-state index < -0.39 is 15.3 Å². The van der Waals surface area contributed by atoms with Crippen LogP contribution in [0.1, 0.15) is 17.5 Å². The maximum atomic E-state index is 11.6. The zero-order valence-corrected chi connectivity index (χ0v) is 11.3. The predicted molar refractivity (Wildman–Crippen MR) is 70.7 cm³/mol. The Morgan fingerprint density at radius 3 is 2.63 bits per heavy atom. The number of rotatable bonds is 3. The van der Waals surface area contributed by atoms with Crippen LogP contribution in [0, 0.1) is 17.2 Å². The van der Waals surface area contributed by atoms with Gasteiger partial charge < -0.3 is 4.74 Å². The Bertz CT molecular complexity index is 575. The van der Waals surface area contributed by atoms with E-state index in [9.17, 15) is 8.42 Å². The molecule has 5 nitrogen and oxygen atoms in total. The minimum Gasteiger partial charge on any atom is -0.381 e. The molecule has 6 heteroatoms. The Balaban J connectivity index is 2.13. The third-order valence-corrected chi connectivity index (χ3v) is 4.87. The summed E-state index contributed by atoms with van der Waals surface area (Å²) in [6, 6.07) is 9.19. The van der Waals surface area contributed by atoms with Crippen LogP contribution in [0.2, 0.25) is 0 Å². The van der Waals surface area contributed by atoms with Crippen molar-refractivity contribution in [1.29, 1.82) is 5.26 Å². The van der Waals surface area contributed by atoms with Crippen molar-refractivity contribution >= 4 is 10.0 Å². The van der Waals surface area contributed by atoms with Gasteiger partial charge in [0.1, 0.15) is 0 Å². The molecule has 0 saturated carbocycles. The number of benzene rings is 1. The number of nitriles is 1. The quantitative estimate of drug-likeness (QED) is 0.886. The largest absolute Gasteiger partial charge is 0.381 e. The Labute approximate surface area is 113 Å². The average Bonchev–Trinajstić information content (AvgIpc) is 2.39. The molecule has 19 heavy (non-hydrogen) atoms. The van der Waals surface area contributed by atoms with E-state index in [2.05, 4.69) is 6.07 Å². The van der Waals surface area contributed by atoms with E-state index >= 15 is 0 Å². The molecule has 0 spiro atoms. The van der Waals surface area contributed by atoms with Gasteiger partial charge in [-0.2, -0.15) is 5.26 Å². The molecule has 2 rings (SSSR count). The van der Waals surface area contributed by atoms with Crippen LogP contribution in [0.3, 0.4) is 0 Å². The van der Waals surface area contributed by atoms with Gasteiger partial charge in [-0.25, -0.2) is 13.6 Å². The molecular formula is C13H16N2O3S. The molecule has 0 radical (unpaired) electrons. The Morgan fingerprint density at radius 1 is 1.37 bits per heavy atom. The van der Waals surface area contributed by atoms with Crippen molar-refractivity contribution < 1.29 is 13.2 Å². The smallest absolute Gasteiger partial charge is 0.212 e. The third-order valence-electron chi connectivity index (χ3n) is 3.41. The van der Waals surface area contributed by atoms with Crippen molar-refractivity contribution in [2.45, 2.75) is 18.1 Å². The summed E-state index contributed by atoms with van der Waals surface area (Å²) in [6.45, 7) is 0.839. The highest BCUT2D eigenvalue weighted by molar-refractivity contribution is 7.89. The van der Waals surface area contributed by atoms with E-state index in [1.165, 1.54) is 0 Å². The van der Waals surface area contributed by atoms with Gasteiger partial charge in [-0.15, -0.1) is 0 Å². The number of primary sulfonamides is 1. The molecule has 0 bridgehead atoms. The van der Waals surface area contributed by atoms with Gasteiger partial charge >= 0.3 is 0 Å². The van der Waals surface area contributed by atoms with Crippen LogP contribution in [-0.2, 0) is 21.2 Å². The second-order valence-corrected chi connectivity index (χ2v) is 6.55. The molecule has 1 fully saturated rings. The predicted octanol–water partition coefficient (Wildman–Crippen LogP) is 0.794. The van der Waals surface area contributed by atoms with E-state index in [1.807, 2.05) is 12.1 Å². The van der Waals surface area contributed by atoms with Crippen molar-refractivity contribution in [2.75, 3.05) is 13.2 Å². The first kappa shape index (κ1) is 14.0. The monoisotopic (exact) mass is 280 g/mol. The highest BCUT2D eigenvalue weighted by atomic mass is 32.2. The van der Waals surface area contributed by atoms with E-state index in [1.54, 1.807) is 12.1 Å². The van der Waals surface area contributed by atoms with Crippen molar-refractivity contribution in [3.05, 3.63) is 35.4 Å². The fourth-order valence-corrected chi connectivity index (χ4v) is 3.55. The molecule has 1 saturated heterocycles. The molecule has 1 aromatic rings. The number of nitrogens with zero attached hydrogens (tertiary/aromatic N) is 1. The maximum absolute atomic E-state index is 11.6. The van der Waals surface area contributed by atoms with E-state index in [0.717, 1.165) is 5.56 Å². The number of ether oxygens (including phenoxy) is 1. The summed E-state index contributed by atoms with van der Waals surface area (Å²) < 4.78 is 28.5. The summed E-state index contributed by atoms with van der Waals surface area (Å²) in [5.74, 6) is -0.128. The van der Waals surface area contributed by atoms with Gasteiger partial charge in [-0.3, -0.25) is 0 Å². The first-order valence-corrected chi connectivity index (χ1v) is 7.70. The lowest BCUT2D eigenvalue weighted by Crippen LogP contribution is -2.42. The van der Waals surface area contributed by atoms with Crippen LogP contribution < -0.4 is 5.14 Å². The lowest BCUT2D eigenvalue weighted by Gasteiger charge is -2.29. The Morgan fingerprint density at radius 2 is 2.05 bits per heavy atom. The SMILES string of the molecule is N#Cc1ccc(C[C@H]2COCC[C@@H]2S(N)(=O)=O)cc1. The van der Waals surface area contributed by atoms with E-state index in [4.69, 9.17) is 15.1 Å². The lowest BCUT2D eigenvalue weighted by molar-refractivity contribution is 0.0572. The highest BCUT2D eigenvalue weighted by Gasteiger charge is 2.33. The molecular weight excluding hydrogens is 264 g/mol. The van der Waals surface area contributed by atoms with Crippen molar-refractivity contribution in [2.24, 2.45) is 11.1 Å². The highest BCUT2D eigenvalue weighted by Crippen LogP contribution is 2.24. The fourth-order valence-electron chi connectivity index (χ4n) is 2.42. The summed E-state index contributed by atoms with van der Waals surface area (Å²) in [5, 5.41) is 13.5. The second kappa shape index (κ2) is 5.70. The van der Waals surface area contributed by atoms with E-state index in [-0.39, 0.29) is 5.92 Å². The van der Waals surface area contributed by atoms with Crippen LogP contribution in [0.15, 0.2) is 24.3 Å². The van der Waals surface area contributed by atoms with Gasteiger partial charge in [-0.1, -0.05) is 12.1 Å². The summed E-state index contributed by atoms with van der Waals surface area (Å²) in [5.41, 5.74) is 1.58. The van der Waals surface area contributed by atoms with Gasteiger partial charge in [0.15, 0.2) is 0 Å². The summed E-state index contributed by atoms with van der Waals surface area (Å²) in [4.78, 5) is 0. The van der Waals surface area contributed by atoms with E-state index in [0.29, 0.717) is 31.6 Å². The number of hydrogen-bond donors (Lipinski definition) is 1. The summed E-state index contributed by atoms with van der Waals surface area (Å²) in [7, 11) is -3.54. The zero-order valence-electron chi connectivity index (χ0n) is 10.5. The number of nitrogens with two attached hydrogens (primary N) is 1. The van der Waals surface area contributed by atoms with Gasteiger partial charge in [-0.05, 0) is 30.5 Å². The lowest BCUT2D eigenvalue weighted by atomic mass is 9.93. The molecule has 0 unspecified atom stereocenters. The zero-order chi connectivity index (χ0) is 13.9. The molecule has 0 amide bonds. The summed E-state index contributed by atoms with van der Waals surface area (Å²) >= 11 is 0. The van der Waals surface area contributed by atoms with Crippen molar-refractivity contribution in [3.8, 4) is 6.07 Å². The maximum Gasteiger partial charge on any atom is 0.212 e. The van der Waals surface area contributed by atoms with Crippen molar-refractivity contribution in [1.82, 2.24) is 0 Å². The molecule has 1 aliphatic heterocycles. The third kappa shape index (κ3) is 3.53. The average molecular weight is 280 g/mol. The molecule has 0 aromatic heterocycles. The molecule has 0 aliphatic carbocycles. The molecule has 1 aliphatic rings. The molecule has 1 heterocycles. The van der Waals surface area contributed by atoms with Gasteiger partial charge in [0.2, 0.25) is 10.0 Å².